The minimum atomic E-state index is -0.542. The number of carbonyl (C=O) groups is 2. The molecule has 2 atom stereocenters. The summed E-state index contributed by atoms with van der Waals surface area (Å²) in [7, 11) is 0. The average molecular weight is 555 g/mol. The van der Waals surface area contributed by atoms with E-state index in [-0.39, 0.29) is 38.4 Å². The van der Waals surface area contributed by atoms with E-state index in [1.165, 1.54) is 13.8 Å². The van der Waals surface area contributed by atoms with Crippen molar-refractivity contribution in [3.63, 3.8) is 0 Å². The highest BCUT2D eigenvalue weighted by molar-refractivity contribution is 6.11. The lowest BCUT2D eigenvalue weighted by molar-refractivity contribution is -0.152. The molecule has 0 N–H and O–H groups in total. The van der Waals surface area contributed by atoms with Gasteiger partial charge in [-0.15, -0.1) is 0 Å². The fourth-order valence-electron chi connectivity index (χ4n) is 4.34. The number of unbranched alkanes of at least 4 members (excludes halogenated alkanes) is 2. The van der Waals surface area contributed by atoms with Crippen LogP contribution in [-0.4, -0.2) is 63.8 Å². The zero-order valence-corrected chi connectivity index (χ0v) is 24.1. The molecule has 0 fully saturated rings. The minimum Gasteiger partial charge on any atom is -0.488 e. The molecule has 0 aromatic heterocycles. The van der Waals surface area contributed by atoms with E-state index in [1.807, 2.05) is 48.5 Å². The Kier molecular flexibility index (Phi) is 13.0. The highest BCUT2D eigenvalue weighted by Crippen LogP contribution is 2.42. The summed E-state index contributed by atoms with van der Waals surface area (Å²) in [4.78, 5) is 23.5. The first-order chi connectivity index (χ1) is 19.4. The van der Waals surface area contributed by atoms with Crippen LogP contribution < -0.4 is 9.47 Å². The Morgan fingerprint density at radius 1 is 0.600 bits per heavy atom. The van der Waals surface area contributed by atoms with E-state index in [2.05, 4.69) is 13.8 Å². The first-order valence-corrected chi connectivity index (χ1v) is 14.1. The van der Waals surface area contributed by atoms with Gasteiger partial charge >= 0.3 is 11.9 Å². The van der Waals surface area contributed by atoms with Crippen LogP contribution in [0.25, 0.3) is 21.5 Å². The number of benzene rings is 3. The van der Waals surface area contributed by atoms with Crippen LogP contribution in [0, 0.1) is 0 Å². The number of rotatable bonds is 18. The van der Waals surface area contributed by atoms with Crippen molar-refractivity contribution < 1.29 is 38.0 Å². The van der Waals surface area contributed by atoms with Crippen molar-refractivity contribution in [3.8, 4) is 11.5 Å². The van der Waals surface area contributed by atoms with Crippen LogP contribution in [0.4, 0.5) is 0 Å². The molecule has 218 valence electrons. The largest absolute Gasteiger partial charge is 0.488 e. The standard InChI is InChI=1S/C32H42O8/c1-5-7-17-35-19-25(39-23(3)33)21-37-31-27-13-9-11-15-29(27)32(30-16-12-10-14-28(30)31)38-22-26(40-24(4)34)20-36-18-8-6-2/h9-16,25-26H,5-8,17-22H2,1-4H3. The van der Waals surface area contributed by atoms with Crippen molar-refractivity contribution in [1.82, 2.24) is 0 Å². The van der Waals surface area contributed by atoms with Gasteiger partial charge in [0.1, 0.15) is 24.7 Å². The SMILES string of the molecule is CCCCOCC(COc1c2ccccc2c(OCC(COCCCC)OC(C)=O)c2ccccc12)OC(C)=O. The second-order valence-corrected chi connectivity index (χ2v) is 9.69. The molecule has 0 radical (unpaired) electrons. The minimum absolute atomic E-state index is 0.142. The summed E-state index contributed by atoms with van der Waals surface area (Å²) in [6.07, 6.45) is 2.84. The summed E-state index contributed by atoms with van der Waals surface area (Å²) in [6, 6.07) is 15.6. The fraction of sp³-hybridized carbons (Fsp3) is 0.500. The zero-order valence-electron chi connectivity index (χ0n) is 24.1. The van der Waals surface area contributed by atoms with Crippen LogP contribution in [0.5, 0.6) is 11.5 Å². The van der Waals surface area contributed by atoms with Crippen LogP contribution >= 0.6 is 0 Å². The molecule has 0 heterocycles. The molecule has 0 saturated carbocycles. The summed E-state index contributed by atoms with van der Waals surface area (Å²) < 4.78 is 35.1. The van der Waals surface area contributed by atoms with Gasteiger partial charge in [0, 0.05) is 48.6 Å². The van der Waals surface area contributed by atoms with Gasteiger partial charge in [-0.05, 0) is 12.8 Å². The molecule has 0 aliphatic rings. The number of esters is 2. The van der Waals surface area contributed by atoms with E-state index in [1.54, 1.807) is 0 Å². The first kappa shape index (κ1) is 31.2. The van der Waals surface area contributed by atoms with Crippen LogP contribution in [0.2, 0.25) is 0 Å². The second-order valence-electron chi connectivity index (χ2n) is 9.69. The highest BCUT2D eigenvalue weighted by atomic mass is 16.6. The first-order valence-electron chi connectivity index (χ1n) is 14.1. The monoisotopic (exact) mass is 554 g/mol. The third-order valence-corrected chi connectivity index (χ3v) is 6.22. The van der Waals surface area contributed by atoms with Crippen molar-refractivity contribution in [3.05, 3.63) is 48.5 Å². The number of hydrogen-bond donors (Lipinski definition) is 0. The van der Waals surface area contributed by atoms with Crippen LogP contribution in [0.3, 0.4) is 0 Å². The molecule has 0 bridgehead atoms. The van der Waals surface area contributed by atoms with E-state index in [9.17, 15) is 9.59 Å². The van der Waals surface area contributed by atoms with Crippen molar-refractivity contribution in [2.45, 2.75) is 65.6 Å². The topological polar surface area (TPSA) is 89.5 Å². The Morgan fingerprint density at radius 2 is 0.950 bits per heavy atom. The van der Waals surface area contributed by atoms with Crippen LogP contribution in [0.1, 0.15) is 53.4 Å². The lowest BCUT2D eigenvalue weighted by Crippen LogP contribution is -2.29. The summed E-state index contributed by atoms with van der Waals surface area (Å²) in [6.45, 7) is 8.96. The van der Waals surface area contributed by atoms with E-state index < -0.39 is 12.2 Å². The van der Waals surface area contributed by atoms with E-state index >= 15 is 0 Å². The van der Waals surface area contributed by atoms with Gasteiger partial charge in [0.05, 0.1) is 13.2 Å². The molecule has 0 amide bonds. The van der Waals surface area contributed by atoms with E-state index in [0.29, 0.717) is 24.7 Å². The molecular formula is C32H42O8. The third-order valence-electron chi connectivity index (χ3n) is 6.22. The fourth-order valence-corrected chi connectivity index (χ4v) is 4.34. The number of fused-ring (bicyclic) bond motifs is 2. The molecular weight excluding hydrogens is 512 g/mol. The highest BCUT2D eigenvalue weighted by Gasteiger charge is 2.21. The molecule has 0 spiro atoms. The van der Waals surface area contributed by atoms with Crippen molar-refractivity contribution in [2.75, 3.05) is 39.6 Å². The van der Waals surface area contributed by atoms with Gasteiger partial charge in [-0.3, -0.25) is 9.59 Å². The number of ether oxygens (including phenoxy) is 6. The van der Waals surface area contributed by atoms with Gasteiger partial charge in [0.25, 0.3) is 0 Å². The Morgan fingerprint density at radius 3 is 1.25 bits per heavy atom. The maximum Gasteiger partial charge on any atom is 0.303 e. The van der Waals surface area contributed by atoms with Gasteiger partial charge < -0.3 is 28.4 Å². The molecule has 8 nitrogen and oxygen atoms in total. The Labute approximate surface area is 236 Å². The molecule has 0 aliphatic heterocycles. The van der Waals surface area contributed by atoms with Crippen LogP contribution in [0.15, 0.2) is 48.5 Å². The lowest BCUT2D eigenvalue weighted by atomic mass is 10.0. The molecule has 3 aromatic carbocycles. The zero-order chi connectivity index (χ0) is 28.7. The maximum absolute atomic E-state index is 11.7. The van der Waals surface area contributed by atoms with Gasteiger partial charge in [-0.25, -0.2) is 0 Å². The molecule has 0 saturated heterocycles. The quantitative estimate of drug-likeness (QED) is 0.104. The number of carbonyl (C=O) groups excluding carboxylic acids is 2. The summed E-state index contributed by atoms with van der Waals surface area (Å²) in [5.74, 6) is 0.576. The van der Waals surface area contributed by atoms with Gasteiger partial charge in [-0.1, -0.05) is 75.2 Å². The van der Waals surface area contributed by atoms with Crippen molar-refractivity contribution in [2.24, 2.45) is 0 Å². The van der Waals surface area contributed by atoms with Crippen molar-refractivity contribution in [1.29, 1.82) is 0 Å². The van der Waals surface area contributed by atoms with E-state index in [0.717, 1.165) is 47.2 Å². The molecule has 2 unspecified atom stereocenters. The Bertz CT molecular complexity index is 1070. The van der Waals surface area contributed by atoms with E-state index in [4.69, 9.17) is 28.4 Å². The predicted octanol–water partition coefficient (Wildman–Crippen LogP) is 6.25. The Balaban J connectivity index is 1.88. The third kappa shape index (κ3) is 9.38. The average Bonchev–Trinajstić information content (AvgIpc) is 2.94. The molecule has 3 aromatic rings. The lowest BCUT2D eigenvalue weighted by Gasteiger charge is -2.22. The molecule has 40 heavy (non-hydrogen) atoms. The van der Waals surface area contributed by atoms with Gasteiger partial charge in [-0.2, -0.15) is 0 Å². The summed E-state index contributed by atoms with van der Waals surface area (Å²) >= 11 is 0. The summed E-state index contributed by atoms with van der Waals surface area (Å²) in [5, 5.41) is 3.42. The van der Waals surface area contributed by atoms with Crippen LogP contribution in [-0.2, 0) is 28.5 Å². The number of hydrogen-bond acceptors (Lipinski definition) is 8. The Hall–Kier alpha value is -3.36. The summed E-state index contributed by atoms with van der Waals surface area (Å²) in [5.41, 5.74) is 0. The van der Waals surface area contributed by atoms with Crippen molar-refractivity contribution >= 4 is 33.5 Å². The van der Waals surface area contributed by atoms with Gasteiger partial charge in [0.2, 0.25) is 0 Å². The van der Waals surface area contributed by atoms with Gasteiger partial charge in [0.15, 0.2) is 12.2 Å². The predicted molar refractivity (Wildman–Crippen MR) is 155 cm³/mol. The normalized spacial score (nSPS) is 12.7. The molecule has 0 aliphatic carbocycles. The smallest absolute Gasteiger partial charge is 0.303 e. The maximum atomic E-state index is 11.7. The second kappa shape index (κ2) is 16.7. The molecule has 8 heteroatoms. The molecule has 3 rings (SSSR count).